The molecular formula is C13H24N2O2. The van der Waals surface area contributed by atoms with Crippen molar-refractivity contribution in [2.45, 2.75) is 57.1 Å². The van der Waals surface area contributed by atoms with Crippen LogP contribution in [0.4, 0.5) is 0 Å². The SMILES string of the molecule is O=C(CCC1CCCCN1)N1CCC[C@H](O)C1. The quantitative estimate of drug-likeness (QED) is 0.770. The second kappa shape index (κ2) is 6.36. The second-order valence-electron chi connectivity index (χ2n) is 5.32. The summed E-state index contributed by atoms with van der Waals surface area (Å²) >= 11 is 0. The molecule has 1 amide bonds. The Bertz CT molecular complexity index is 252. The van der Waals surface area contributed by atoms with Gasteiger partial charge in [0.05, 0.1) is 6.10 Å². The largest absolute Gasteiger partial charge is 0.391 e. The van der Waals surface area contributed by atoms with Crippen molar-refractivity contribution in [1.82, 2.24) is 10.2 Å². The number of nitrogens with one attached hydrogen (secondary N) is 1. The number of hydrogen-bond donors (Lipinski definition) is 2. The molecule has 0 aliphatic carbocycles. The van der Waals surface area contributed by atoms with Crippen LogP contribution in [-0.2, 0) is 4.79 Å². The van der Waals surface area contributed by atoms with Gasteiger partial charge < -0.3 is 15.3 Å². The maximum absolute atomic E-state index is 12.0. The molecule has 2 fully saturated rings. The molecule has 2 rings (SSSR count). The van der Waals surface area contributed by atoms with E-state index in [1.165, 1.54) is 19.3 Å². The molecule has 17 heavy (non-hydrogen) atoms. The first-order valence-corrected chi connectivity index (χ1v) is 6.95. The van der Waals surface area contributed by atoms with E-state index in [1.807, 2.05) is 4.90 Å². The van der Waals surface area contributed by atoms with E-state index in [2.05, 4.69) is 5.32 Å². The molecule has 0 bridgehead atoms. The summed E-state index contributed by atoms with van der Waals surface area (Å²) in [6.07, 6.45) is 6.81. The first-order chi connectivity index (χ1) is 8.25. The van der Waals surface area contributed by atoms with Crippen molar-refractivity contribution >= 4 is 5.91 Å². The number of β-amino-alcohol motifs (C(OH)–C–C–N with tert-alkyl or cyclic N) is 1. The maximum atomic E-state index is 12.0. The highest BCUT2D eigenvalue weighted by atomic mass is 16.3. The van der Waals surface area contributed by atoms with Gasteiger partial charge in [-0.25, -0.2) is 0 Å². The smallest absolute Gasteiger partial charge is 0.222 e. The molecule has 2 atom stereocenters. The minimum Gasteiger partial charge on any atom is -0.391 e. The van der Waals surface area contributed by atoms with Crippen LogP contribution in [0.3, 0.4) is 0 Å². The van der Waals surface area contributed by atoms with Crippen LogP contribution in [0.5, 0.6) is 0 Å². The molecule has 2 aliphatic rings. The third-order valence-electron chi connectivity index (χ3n) is 3.87. The zero-order chi connectivity index (χ0) is 12.1. The van der Waals surface area contributed by atoms with E-state index in [0.717, 1.165) is 32.4 Å². The number of rotatable bonds is 3. The van der Waals surface area contributed by atoms with Crippen LogP contribution < -0.4 is 5.32 Å². The van der Waals surface area contributed by atoms with Crippen molar-refractivity contribution in [3.8, 4) is 0 Å². The van der Waals surface area contributed by atoms with Crippen molar-refractivity contribution in [2.24, 2.45) is 0 Å². The normalized spacial score (nSPS) is 30.3. The van der Waals surface area contributed by atoms with E-state index < -0.39 is 0 Å². The summed E-state index contributed by atoms with van der Waals surface area (Å²) in [5.74, 6) is 0.219. The standard InChI is InChI=1S/C13H24N2O2/c16-12-5-3-9-15(10-12)13(17)7-6-11-4-1-2-8-14-11/h11-12,14,16H,1-10H2/t11?,12-/m0/s1. The van der Waals surface area contributed by atoms with Gasteiger partial charge in [0.2, 0.25) is 5.91 Å². The molecule has 2 N–H and O–H groups in total. The predicted molar refractivity (Wildman–Crippen MR) is 66.7 cm³/mol. The maximum Gasteiger partial charge on any atom is 0.222 e. The molecule has 0 saturated carbocycles. The summed E-state index contributed by atoms with van der Waals surface area (Å²) in [7, 11) is 0. The lowest BCUT2D eigenvalue weighted by atomic mass is 10.00. The Kier molecular flexibility index (Phi) is 4.80. The molecule has 0 aromatic rings. The fourth-order valence-electron chi connectivity index (χ4n) is 2.81. The van der Waals surface area contributed by atoms with Crippen molar-refractivity contribution in [3.63, 3.8) is 0 Å². The first kappa shape index (κ1) is 12.8. The Labute approximate surface area is 103 Å². The van der Waals surface area contributed by atoms with E-state index in [-0.39, 0.29) is 12.0 Å². The number of likely N-dealkylation sites (tertiary alicyclic amines) is 1. The van der Waals surface area contributed by atoms with E-state index in [1.54, 1.807) is 0 Å². The number of piperidine rings is 2. The van der Waals surface area contributed by atoms with Crippen molar-refractivity contribution in [2.75, 3.05) is 19.6 Å². The van der Waals surface area contributed by atoms with Gasteiger partial charge >= 0.3 is 0 Å². The number of hydrogen-bond acceptors (Lipinski definition) is 3. The molecule has 2 aliphatic heterocycles. The molecule has 0 radical (unpaired) electrons. The van der Waals surface area contributed by atoms with E-state index in [9.17, 15) is 9.90 Å². The summed E-state index contributed by atoms with van der Waals surface area (Å²) in [4.78, 5) is 13.8. The van der Waals surface area contributed by atoms with Crippen LogP contribution in [0.1, 0.15) is 44.9 Å². The van der Waals surface area contributed by atoms with Crippen LogP contribution in [0.2, 0.25) is 0 Å². The van der Waals surface area contributed by atoms with Gasteiger partial charge in [0.15, 0.2) is 0 Å². The van der Waals surface area contributed by atoms with Crippen molar-refractivity contribution in [1.29, 1.82) is 0 Å². The van der Waals surface area contributed by atoms with Crippen molar-refractivity contribution < 1.29 is 9.90 Å². The van der Waals surface area contributed by atoms with Gasteiger partial charge in [0.25, 0.3) is 0 Å². The minimum absolute atomic E-state index is 0.219. The van der Waals surface area contributed by atoms with Gasteiger partial charge in [-0.05, 0) is 38.6 Å². The number of carbonyl (C=O) groups excluding carboxylic acids is 1. The lowest BCUT2D eigenvalue weighted by molar-refractivity contribution is -0.134. The van der Waals surface area contributed by atoms with Crippen molar-refractivity contribution in [3.05, 3.63) is 0 Å². The Morgan fingerprint density at radius 1 is 1.29 bits per heavy atom. The monoisotopic (exact) mass is 240 g/mol. The van der Waals surface area contributed by atoms with Gasteiger partial charge in [0, 0.05) is 25.6 Å². The molecule has 98 valence electrons. The zero-order valence-corrected chi connectivity index (χ0v) is 10.5. The molecule has 0 aromatic carbocycles. The molecule has 4 heteroatoms. The molecule has 2 saturated heterocycles. The van der Waals surface area contributed by atoms with Crippen LogP contribution in [0, 0.1) is 0 Å². The molecule has 0 aromatic heterocycles. The third-order valence-corrected chi connectivity index (χ3v) is 3.87. The molecule has 2 heterocycles. The Morgan fingerprint density at radius 3 is 2.88 bits per heavy atom. The highest BCUT2D eigenvalue weighted by Crippen LogP contribution is 2.15. The molecule has 0 spiro atoms. The van der Waals surface area contributed by atoms with E-state index in [4.69, 9.17) is 0 Å². The number of carbonyl (C=O) groups is 1. The first-order valence-electron chi connectivity index (χ1n) is 6.95. The summed E-state index contributed by atoms with van der Waals surface area (Å²) in [6.45, 7) is 2.46. The highest BCUT2D eigenvalue weighted by molar-refractivity contribution is 5.76. The number of aliphatic hydroxyl groups excluding tert-OH is 1. The van der Waals surface area contributed by atoms with E-state index >= 15 is 0 Å². The topological polar surface area (TPSA) is 52.6 Å². The Balaban J connectivity index is 1.69. The second-order valence-corrected chi connectivity index (χ2v) is 5.32. The minimum atomic E-state index is -0.305. The molecular weight excluding hydrogens is 216 g/mol. The van der Waals surface area contributed by atoms with Gasteiger partial charge in [-0.3, -0.25) is 4.79 Å². The Hall–Kier alpha value is -0.610. The van der Waals surface area contributed by atoms with Gasteiger partial charge in [-0.1, -0.05) is 6.42 Å². The summed E-state index contributed by atoms with van der Waals surface area (Å²) in [6, 6.07) is 0.530. The zero-order valence-electron chi connectivity index (χ0n) is 10.5. The van der Waals surface area contributed by atoms with Crippen LogP contribution in [-0.4, -0.2) is 47.7 Å². The van der Waals surface area contributed by atoms with Gasteiger partial charge in [-0.15, -0.1) is 0 Å². The fourth-order valence-corrected chi connectivity index (χ4v) is 2.81. The fraction of sp³-hybridized carbons (Fsp3) is 0.923. The average Bonchev–Trinajstić information content (AvgIpc) is 2.37. The molecule has 4 nitrogen and oxygen atoms in total. The Morgan fingerprint density at radius 2 is 2.18 bits per heavy atom. The number of nitrogens with zero attached hydrogens (tertiary/aromatic N) is 1. The third kappa shape index (κ3) is 3.96. The average molecular weight is 240 g/mol. The number of aliphatic hydroxyl groups is 1. The summed E-state index contributed by atoms with van der Waals surface area (Å²) in [5, 5.41) is 13.0. The highest BCUT2D eigenvalue weighted by Gasteiger charge is 2.22. The van der Waals surface area contributed by atoms with Gasteiger partial charge in [-0.2, -0.15) is 0 Å². The molecule has 1 unspecified atom stereocenters. The van der Waals surface area contributed by atoms with Crippen LogP contribution >= 0.6 is 0 Å². The van der Waals surface area contributed by atoms with E-state index in [0.29, 0.717) is 19.0 Å². The van der Waals surface area contributed by atoms with Gasteiger partial charge in [0.1, 0.15) is 0 Å². The summed E-state index contributed by atoms with van der Waals surface area (Å²) < 4.78 is 0. The lowest BCUT2D eigenvalue weighted by Gasteiger charge is -2.31. The predicted octanol–water partition coefficient (Wildman–Crippen LogP) is 0.892. The number of amides is 1. The van der Waals surface area contributed by atoms with Crippen LogP contribution in [0.15, 0.2) is 0 Å². The summed E-state index contributed by atoms with van der Waals surface area (Å²) in [5.41, 5.74) is 0. The van der Waals surface area contributed by atoms with Crippen LogP contribution in [0.25, 0.3) is 0 Å². The lowest BCUT2D eigenvalue weighted by Crippen LogP contribution is -2.43.